The zero-order valence-corrected chi connectivity index (χ0v) is 11.9. The van der Waals surface area contributed by atoms with Gasteiger partial charge in [0.05, 0.1) is 12.0 Å². The van der Waals surface area contributed by atoms with Crippen LogP contribution < -0.4 is 0 Å². The number of hydrogen-bond donors (Lipinski definition) is 0. The summed E-state index contributed by atoms with van der Waals surface area (Å²) in [5, 5.41) is 9.71. The van der Waals surface area contributed by atoms with Crippen molar-refractivity contribution in [2.75, 3.05) is 0 Å². The number of hydrogen-bond acceptors (Lipinski definition) is 2. The van der Waals surface area contributed by atoms with Crippen molar-refractivity contribution in [3.8, 4) is 6.07 Å². The van der Waals surface area contributed by atoms with E-state index in [0.717, 1.165) is 30.1 Å². The van der Waals surface area contributed by atoms with Gasteiger partial charge < -0.3 is 0 Å². The molecule has 0 saturated heterocycles. The van der Waals surface area contributed by atoms with Crippen LogP contribution in [0, 0.1) is 46.8 Å². The van der Waals surface area contributed by atoms with Crippen LogP contribution in [0.2, 0.25) is 0 Å². The predicted octanol–water partition coefficient (Wildman–Crippen LogP) is 3.84. The summed E-state index contributed by atoms with van der Waals surface area (Å²) in [6, 6.07) is 6.80. The van der Waals surface area contributed by atoms with E-state index in [0.29, 0.717) is 5.92 Å². The highest BCUT2D eigenvalue weighted by Gasteiger charge is 2.50. The SMILES string of the molecule is N#CC(Cc1ccncc1)C1C2CC3CC(C2)CC1C3. The van der Waals surface area contributed by atoms with Crippen molar-refractivity contribution in [1.82, 2.24) is 4.98 Å². The van der Waals surface area contributed by atoms with Gasteiger partial charge in [0.15, 0.2) is 0 Å². The Kier molecular flexibility index (Phi) is 3.02. The zero-order chi connectivity index (χ0) is 13.5. The van der Waals surface area contributed by atoms with Crippen molar-refractivity contribution >= 4 is 0 Å². The van der Waals surface area contributed by atoms with Gasteiger partial charge in [-0.3, -0.25) is 4.98 Å². The Balaban J connectivity index is 1.55. The van der Waals surface area contributed by atoms with Crippen molar-refractivity contribution in [2.24, 2.45) is 35.5 Å². The molecule has 0 aromatic carbocycles. The summed E-state index contributed by atoms with van der Waals surface area (Å²) >= 11 is 0. The molecule has 4 aliphatic carbocycles. The van der Waals surface area contributed by atoms with Crippen LogP contribution in [0.1, 0.15) is 37.7 Å². The summed E-state index contributed by atoms with van der Waals surface area (Å²) in [6.07, 6.45) is 11.7. The van der Waals surface area contributed by atoms with Gasteiger partial charge in [-0.25, -0.2) is 0 Å². The van der Waals surface area contributed by atoms with Crippen LogP contribution in [0.15, 0.2) is 24.5 Å². The van der Waals surface area contributed by atoms with Gasteiger partial charge in [0.1, 0.15) is 0 Å². The molecule has 0 amide bonds. The third kappa shape index (κ3) is 2.04. The summed E-state index contributed by atoms with van der Waals surface area (Å²) in [5.74, 6) is 4.56. The lowest BCUT2D eigenvalue weighted by atomic mass is 9.49. The average Bonchev–Trinajstić information content (AvgIpc) is 2.46. The van der Waals surface area contributed by atoms with Crippen molar-refractivity contribution in [2.45, 2.75) is 38.5 Å². The summed E-state index contributed by atoms with van der Waals surface area (Å²) in [5.41, 5.74) is 1.28. The Morgan fingerprint density at radius 2 is 1.65 bits per heavy atom. The monoisotopic (exact) mass is 266 g/mol. The molecule has 104 valence electrons. The summed E-state index contributed by atoms with van der Waals surface area (Å²) in [7, 11) is 0. The second kappa shape index (κ2) is 4.88. The fourth-order valence-corrected chi connectivity index (χ4v) is 5.66. The molecule has 2 heteroatoms. The fraction of sp³-hybridized carbons (Fsp3) is 0.667. The van der Waals surface area contributed by atoms with Crippen LogP contribution in [0.25, 0.3) is 0 Å². The van der Waals surface area contributed by atoms with Gasteiger partial charge in [-0.1, -0.05) is 0 Å². The molecule has 0 spiro atoms. The van der Waals surface area contributed by atoms with Crippen LogP contribution >= 0.6 is 0 Å². The zero-order valence-electron chi connectivity index (χ0n) is 11.9. The molecule has 0 radical (unpaired) electrons. The lowest BCUT2D eigenvalue weighted by Gasteiger charge is -2.55. The van der Waals surface area contributed by atoms with Gasteiger partial charge >= 0.3 is 0 Å². The topological polar surface area (TPSA) is 36.7 Å². The van der Waals surface area contributed by atoms with E-state index in [1.807, 2.05) is 12.4 Å². The van der Waals surface area contributed by atoms with Crippen LogP contribution in [-0.4, -0.2) is 4.98 Å². The molecule has 0 N–H and O–H groups in total. The first-order valence-electron chi connectivity index (χ1n) is 8.12. The molecule has 0 aliphatic heterocycles. The van der Waals surface area contributed by atoms with E-state index >= 15 is 0 Å². The quantitative estimate of drug-likeness (QED) is 0.833. The van der Waals surface area contributed by atoms with E-state index in [9.17, 15) is 5.26 Å². The lowest BCUT2D eigenvalue weighted by molar-refractivity contribution is -0.0521. The van der Waals surface area contributed by atoms with Crippen LogP contribution in [0.3, 0.4) is 0 Å². The Morgan fingerprint density at radius 1 is 1.05 bits per heavy atom. The Bertz CT molecular complexity index is 488. The molecule has 5 rings (SSSR count). The first-order chi connectivity index (χ1) is 9.83. The molecular formula is C18H22N2. The third-order valence-corrected chi connectivity index (χ3v) is 6.14. The Hall–Kier alpha value is -1.36. The first-order valence-corrected chi connectivity index (χ1v) is 8.12. The maximum Gasteiger partial charge on any atom is 0.0662 e. The number of pyridine rings is 1. The molecule has 1 unspecified atom stereocenters. The summed E-state index contributed by atoms with van der Waals surface area (Å²) < 4.78 is 0. The molecule has 4 bridgehead atoms. The largest absolute Gasteiger partial charge is 0.265 e. The second-order valence-electron chi connectivity index (χ2n) is 7.30. The maximum atomic E-state index is 9.71. The van der Waals surface area contributed by atoms with Gasteiger partial charge in [-0.05, 0) is 85.8 Å². The maximum absolute atomic E-state index is 9.71. The molecule has 1 aromatic rings. The van der Waals surface area contributed by atoms with E-state index in [-0.39, 0.29) is 5.92 Å². The van der Waals surface area contributed by atoms with E-state index in [1.165, 1.54) is 37.7 Å². The Labute approximate surface area is 121 Å². The minimum atomic E-state index is 0.215. The van der Waals surface area contributed by atoms with Crippen molar-refractivity contribution in [1.29, 1.82) is 5.26 Å². The number of rotatable bonds is 3. The van der Waals surface area contributed by atoms with E-state index in [4.69, 9.17) is 0 Å². The predicted molar refractivity (Wildman–Crippen MR) is 77.6 cm³/mol. The van der Waals surface area contributed by atoms with E-state index in [1.54, 1.807) is 0 Å². The van der Waals surface area contributed by atoms with Gasteiger partial charge in [-0.2, -0.15) is 5.26 Å². The van der Waals surface area contributed by atoms with Crippen molar-refractivity contribution in [3.05, 3.63) is 30.1 Å². The minimum absolute atomic E-state index is 0.215. The van der Waals surface area contributed by atoms with Crippen LogP contribution in [-0.2, 0) is 6.42 Å². The fourth-order valence-electron chi connectivity index (χ4n) is 5.66. The smallest absolute Gasteiger partial charge is 0.0662 e. The van der Waals surface area contributed by atoms with Gasteiger partial charge in [0.25, 0.3) is 0 Å². The number of nitriles is 1. The molecule has 1 atom stereocenters. The number of nitrogens with zero attached hydrogens (tertiary/aromatic N) is 2. The average molecular weight is 266 g/mol. The highest BCUT2D eigenvalue weighted by atomic mass is 14.6. The van der Waals surface area contributed by atoms with Gasteiger partial charge in [-0.15, -0.1) is 0 Å². The molecule has 1 aromatic heterocycles. The molecule has 2 nitrogen and oxygen atoms in total. The standard InChI is InChI=1S/C18H22N2/c19-11-17(6-12-1-3-20-4-2-12)18-15-7-13-5-14(9-15)10-16(18)8-13/h1-4,13-18H,5-10H2. The van der Waals surface area contributed by atoms with Crippen molar-refractivity contribution in [3.63, 3.8) is 0 Å². The van der Waals surface area contributed by atoms with E-state index < -0.39 is 0 Å². The molecule has 4 saturated carbocycles. The van der Waals surface area contributed by atoms with E-state index in [2.05, 4.69) is 23.2 Å². The molecule has 4 aliphatic rings. The minimum Gasteiger partial charge on any atom is -0.265 e. The number of aromatic nitrogens is 1. The lowest BCUT2D eigenvalue weighted by Crippen LogP contribution is -2.47. The first kappa shape index (κ1) is 12.4. The highest BCUT2D eigenvalue weighted by molar-refractivity contribution is 5.14. The Morgan fingerprint density at radius 3 is 2.20 bits per heavy atom. The van der Waals surface area contributed by atoms with Crippen LogP contribution in [0.5, 0.6) is 0 Å². The molecule has 1 heterocycles. The molecule has 20 heavy (non-hydrogen) atoms. The second-order valence-corrected chi connectivity index (χ2v) is 7.30. The van der Waals surface area contributed by atoms with Gasteiger partial charge in [0, 0.05) is 12.4 Å². The normalized spacial score (nSPS) is 39.5. The van der Waals surface area contributed by atoms with Crippen molar-refractivity contribution < 1.29 is 0 Å². The highest BCUT2D eigenvalue weighted by Crippen LogP contribution is 2.58. The summed E-state index contributed by atoms with van der Waals surface area (Å²) in [6.45, 7) is 0. The van der Waals surface area contributed by atoms with Gasteiger partial charge in [0.2, 0.25) is 0 Å². The third-order valence-electron chi connectivity index (χ3n) is 6.14. The molecule has 4 fully saturated rings. The van der Waals surface area contributed by atoms with Crippen LogP contribution in [0.4, 0.5) is 0 Å². The summed E-state index contributed by atoms with van der Waals surface area (Å²) in [4.78, 5) is 4.08. The molecular weight excluding hydrogens is 244 g/mol.